The van der Waals surface area contributed by atoms with Crippen LogP contribution >= 0.6 is 0 Å². The Balaban J connectivity index is 2.31. The van der Waals surface area contributed by atoms with Gasteiger partial charge in [0.1, 0.15) is 12.4 Å². The Bertz CT molecular complexity index is 759. The lowest BCUT2D eigenvalue weighted by Gasteiger charge is -2.13. The molecule has 1 aromatic heterocycles. The Labute approximate surface area is 145 Å². The van der Waals surface area contributed by atoms with E-state index in [1.165, 1.54) is 5.56 Å². The number of nitrogens with one attached hydrogen (secondary N) is 1. The molecule has 0 saturated carbocycles. The first kappa shape index (κ1) is 18.1. The van der Waals surface area contributed by atoms with Crippen molar-refractivity contribution in [3.05, 3.63) is 70.9 Å². The Hall–Kier alpha value is -2.26. The Morgan fingerprint density at radius 3 is 2.67 bits per heavy atom. The summed E-state index contributed by atoms with van der Waals surface area (Å²) in [6.07, 6.45) is 6.96. The molecule has 3 nitrogen and oxygen atoms in total. The van der Waals surface area contributed by atoms with Gasteiger partial charge in [-0.1, -0.05) is 49.9 Å². The molecule has 0 saturated heterocycles. The Morgan fingerprint density at radius 2 is 2.04 bits per heavy atom. The van der Waals surface area contributed by atoms with E-state index < -0.39 is 0 Å². The van der Waals surface area contributed by atoms with Gasteiger partial charge in [0.15, 0.2) is 0 Å². The fourth-order valence-electron chi connectivity index (χ4n) is 2.64. The van der Waals surface area contributed by atoms with E-state index in [-0.39, 0.29) is 0 Å². The molecule has 0 bridgehead atoms. The van der Waals surface area contributed by atoms with Crippen molar-refractivity contribution in [2.24, 2.45) is 0 Å². The summed E-state index contributed by atoms with van der Waals surface area (Å²) in [4.78, 5) is 5.67. The molecule has 0 radical (unpaired) electrons. The number of H-pyrrole nitrogens is 1. The van der Waals surface area contributed by atoms with Crippen LogP contribution in [-0.4, -0.2) is 30.0 Å². The first-order valence-corrected chi connectivity index (χ1v) is 8.54. The predicted molar refractivity (Wildman–Crippen MR) is 102 cm³/mol. The summed E-state index contributed by atoms with van der Waals surface area (Å²) in [6, 6.07) is 10.2. The first-order chi connectivity index (χ1) is 11.7. The number of ether oxygens (including phenoxy) is 1. The number of benzene rings is 1. The van der Waals surface area contributed by atoms with Crippen molar-refractivity contribution < 1.29 is 4.74 Å². The monoisotopic (exact) mass is 324 g/mol. The van der Waals surface area contributed by atoms with Gasteiger partial charge in [-0.25, -0.2) is 0 Å². The zero-order chi connectivity index (χ0) is 17.4. The van der Waals surface area contributed by atoms with Crippen LogP contribution in [0, 0.1) is 0 Å². The van der Waals surface area contributed by atoms with Gasteiger partial charge in [-0.15, -0.1) is 0 Å². The highest BCUT2D eigenvalue weighted by atomic mass is 16.5. The summed E-state index contributed by atoms with van der Waals surface area (Å²) in [5.74, 6) is 0.836. The molecular formula is C21H28N2O. The molecule has 0 aliphatic rings. The molecule has 0 spiro atoms. The van der Waals surface area contributed by atoms with Gasteiger partial charge in [-0.2, -0.15) is 0 Å². The maximum atomic E-state index is 6.08. The van der Waals surface area contributed by atoms with Crippen molar-refractivity contribution in [3.8, 4) is 0 Å². The number of likely N-dealkylation sites (N-methyl/N-ethyl adjacent to an activating group) is 1. The lowest BCUT2D eigenvalue weighted by atomic mass is 10.1. The van der Waals surface area contributed by atoms with Gasteiger partial charge in [0, 0.05) is 23.3 Å². The smallest absolute Gasteiger partial charge is 0.128 e. The van der Waals surface area contributed by atoms with Crippen LogP contribution in [0.3, 0.4) is 0 Å². The van der Waals surface area contributed by atoms with Crippen molar-refractivity contribution in [2.75, 3.05) is 20.1 Å². The fraction of sp³-hybridized carbons (Fsp3) is 0.333. The molecule has 128 valence electrons. The van der Waals surface area contributed by atoms with E-state index in [1.807, 2.05) is 31.2 Å². The largest absolute Gasteiger partial charge is 0.488 e. The van der Waals surface area contributed by atoms with Crippen molar-refractivity contribution in [1.29, 1.82) is 0 Å². The number of hydrogen-bond acceptors (Lipinski definition) is 2. The number of rotatable bonds is 8. The average molecular weight is 324 g/mol. The van der Waals surface area contributed by atoms with Gasteiger partial charge in [0.05, 0.1) is 0 Å². The van der Waals surface area contributed by atoms with Crippen LogP contribution in [0.4, 0.5) is 0 Å². The Morgan fingerprint density at radius 1 is 1.29 bits per heavy atom. The molecule has 0 aliphatic heterocycles. The molecule has 0 atom stereocenters. The number of aromatic amines is 1. The molecule has 2 rings (SSSR count). The topological polar surface area (TPSA) is 28.3 Å². The summed E-state index contributed by atoms with van der Waals surface area (Å²) in [5, 5.41) is 2.22. The van der Waals surface area contributed by atoms with Gasteiger partial charge in [-0.3, -0.25) is 0 Å². The third-order valence-electron chi connectivity index (χ3n) is 4.25. The van der Waals surface area contributed by atoms with Crippen LogP contribution in [0.1, 0.15) is 25.0 Å². The zero-order valence-electron chi connectivity index (χ0n) is 15.0. The highest BCUT2D eigenvalue weighted by Gasteiger charge is 2.07. The van der Waals surface area contributed by atoms with E-state index >= 15 is 0 Å². The van der Waals surface area contributed by atoms with Crippen LogP contribution in [0.25, 0.3) is 11.8 Å². The van der Waals surface area contributed by atoms with Crippen LogP contribution in [-0.2, 0) is 17.8 Å². The van der Waals surface area contributed by atoms with E-state index in [4.69, 9.17) is 4.74 Å². The number of hydrogen-bond donors (Lipinski definition) is 1. The van der Waals surface area contributed by atoms with Gasteiger partial charge < -0.3 is 14.6 Å². The Kier molecular flexibility index (Phi) is 6.89. The molecule has 2 aromatic rings. The quantitative estimate of drug-likeness (QED) is 0.809. The summed E-state index contributed by atoms with van der Waals surface area (Å²) in [6.45, 7) is 10.8. The predicted octanol–water partition coefficient (Wildman–Crippen LogP) is 2.82. The molecule has 1 heterocycles. The molecule has 3 heteroatoms. The highest BCUT2D eigenvalue weighted by Crippen LogP contribution is 2.07. The third-order valence-corrected chi connectivity index (χ3v) is 4.25. The summed E-state index contributed by atoms with van der Waals surface area (Å²) < 4.78 is 6.08. The maximum Gasteiger partial charge on any atom is 0.128 e. The zero-order valence-corrected chi connectivity index (χ0v) is 15.0. The van der Waals surface area contributed by atoms with Crippen LogP contribution in [0.5, 0.6) is 0 Å². The number of nitrogens with zero attached hydrogens (tertiary/aromatic N) is 1. The van der Waals surface area contributed by atoms with Crippen LogP contribution < -0.4 is 10.6 Å². The SMILES string of the molecule is C=C/C(OCc1ccccc1)=c1/c(CCN(C)CC)c[nH]/c1=C/C. The van der Waals surface area contributed by atoms with Crippen molar-refractivity contribution >= 4 is 11.8 Å². The minimum atomic E-state index is 0.546. The third kappa shape index (κ3) is 4.62. The average Bonchev–Trinajstić information content (AvgIpc) is 3.04. The molecular weight excluding hydrogens is 296 g/mol. The molecule has 0 unspecified atom stereocenters. The standard InChI is InChI=1S/C21H28N2O/c1-5-19-21(18(15-22-19)13-14-23(4)7-3)20(6-2)24-16-17-11-9-8-10-12-17/h5-6,8-12,15,22H,2,7,13-14,16H2,1,3-4H3/b19-5+,21-20+. The van der Waals surface area contributed by atoms with Gasteiger partial charge in [0.25, 0.3) is 0 Å². The van der Waals surface area contributed by atoms with Crippen molar-refractivity contribution in [1.82, 2.24) is 9.88 Å². The van der Waals surface area contributed by atoms with E-state index in [1.54, 1.807) is 0 Å². The van der Waals surface area contributed by atoms with Crippen molar-refractivity contribution in [3.63, 3.8) is 0 Å². The minimum Gasteiger partial charge on any atom is -0.488 e. The van der Waals surface area contributed by atoms with Gasteiger partial charge >= 0.3 is 0 Å². The minimum absolute atomic E-state index is 0.546. The fourth-order valence-corrected chi connectivity index (χ4v) is 2.64. The van der Waals surface area contributed by atoms with Gasteiger partial charge in [-0.05, 0) is 44.1 Å². The van der Waals surface area contributed by atoms with E-state index in [2.05, 4.69) is 54.8 Å². The second kappa shape index (κ2) is 9.14. The molecule has 24 heavy (non-hydrogen) atoms. The molecule has 0 amide bonds. The second-order valence-corrected chi connectivity index (χ2v) is 5.88. The van der Waals surface area contributed by atoms with E-state index in [0.29, 0.717) is 6.61 Å². The molecule has 1 N–H and O–H groups in total. The maximum absolute atomic E-state index is 6.08. The van der Waals surface area contributed by atoms with Crippen LogP contribution in [0.15, 0.2) is 49.2 Å². The summed E-state index contributed by atoms with van der Waals surface area (Å²) in [5.41, 5.74) is 2.42. The van der Waals surface area contributed by atoms with Crippen LogP contribution in [0.2, 0.25) is 0 Å². The summed E-state index contributed by atoms with van der Waals surface area (Å²) >= 11 is 0. The highest BCUT2D eigenvalue weighted by molar-refractivity contribution is 5.51. The number of aromatic nitrogens is 1. The van der Waals surface area contributed by atoms with Crippen molar-refractivity contribution in [2.45, 2.75) is 26.9 Å². The second-order valence-electron chi connectivity index (χ2n) is 5.88. The molecule has 1 aromatic carbocycles. The molecule has 0 aliphatic carbocycles. The molecule has 0 fully saturated rings. The lowest BCUT2D eigenvalue weighted by molar-refractivity contribution is 0.264. The first-order valence-electron chi connectivity index (χ1n) is 8.54. The van der Waals surface area contributed by atoms with E-state index in [9.17, 15) is 0 Å². The van der Waals surface area contributed by atoms with Gasteiger partial charge in [0.2, 0.25) is 0 Å². The lowest BCUT2D eigenvalue weighted by Crippen LogP contribution is -2.30. The van der Waals surface area contributed by atoms with E-state index in [0.717, 1.165) is 41.4 Å². The summed E-state index contributed by atoms with van der Waals surface area (Å²) in [7, 11) is 2.14. The normalized spacial score (nSPS) is 13.2.